The number of halogens is 1. The van der Waals surface area contributed by atoms with Crippen molar-refractivity contribution in [2.24, 2.45) is 4.99 Å². The number of hydrogen-bond donors (Lipinski definition) is 1. The van der Waals surface area contributed by atoms with E-state index in [2.05, 4.69) is 26.2 Å². The molecule has 0 saturated carbocycles. The van der Waals surface area contributed by atoms with Crippen LogP contribution in [0.15, 0.2) is 51.6 Å². The number of nitrogens with zero attached hydrogens (tertiary/aromatic N) is 1. The molecule has 0 radical (unpaired) electrons. The second-order valence-corrected chi connectivity index (χ2v) is 7.82. The van der Waals surface area contributed by atoms with E-state index in [1.165, 1.54) is 6.92 Å². The molecule has 31 heavy (non-hydrogen) atoms. The van der Waals surface area contributed by atoms with Gasteiger partial charge in [0.2, 0.25) is 11.8 Å². The van der Waals surface area contributed by atoms with Gasteiger partial charge in [0.25, 0.3) is 0 Å². The molecule has 0 bridgehead atoms. The van der Waals surface area contributed by atoms with Crippen molar-refractivity contribution >= 4 is 45.5 Å². The third-order valence-corrected chi connectivity index (χ3v) is 5.11. The predicted octanol–water partition coefficient (Wildman–Crippen LogP) is 4.94. The van der Waals surface area contributed by atoms with Crippen LogP contribution in [0.25, 0.3) is 6.08 Å². The molecule has 1 N–H and O–H groups in total. The van der Waals surface area contributed by atoms with Crippen molar-refractivity contribution in [1.29, 1.82) is 0 Å². The first kappa shape index (κ1) is 22.6. The zero-order valence-corrected chi connectivity index (χ0v) is 19.3. The molecule has 1 aliphatic rings. The average molecular weight is 487 g/mol. The summed E-state index contributed by atoms with van der Waals surface area (Å²) in [7, 11) is 1.56. The summed E-state index contributed by atoms with van der Waals surface area (Å²) < 4.78 is 17.4. The molecule has 7 nitrogen and oxygen atoms in total. The van der Waals surface area contributed by atoms with Gasteiger partial charge in [0.15, 0.2) is 17.2 Å². The Morgan fingerprint density at radius 3 is 2.61 bits per heavy atom. The molecule has 1 atom stereocenters. The zero-order valence-electron chi connectivity index (χ0n) is 17.7. The van der Waals surface area contributed by atoms with Crippen LogP contribution in [0.1, 0.15) is 38.3 Å². The zero-order chi connectivity index (χ0) is 22.5. The predicted molar refractivity (Wildman–Crippen MR) is 122 cm³/mol. The third kappa shape index (κ3) is 5.52. The van der Waals surface area contributed by atoms with E-state index < -0.39 is 5.97 Å². The highest BCUT2D eigenvalue weighted by Gasteiger charge is 2.24. The number of esters is 1. The van der Waals surface area contributed by atoms with Gasteiger partial charge in [-0.05, 0) is 77.3 Å². The smallest absolute Gasteiger partial charge is 0.363 e. The minimum Gasteiger partial charge on any atom is -0.493 e. The van der Waals surface area contributed by atoms with Crippen LogP contribution in [0, 0.1) is 0 Å². The quantitative estimate of drug-likeness (QED) is 0.442. The van der Waals surface area contributed by atoms with Crippen LogP contribution in [-0.4, -0.2) is 31.0 Å². The van der Waals surface area contributed by atoms with E-state index in [-0.39, 0.29) is 23.6 Å². The lowest BCUT2D eigenvalue weighted by Crippen LogP contribution is -2.11. The number of carbonyl (C=O) groups is 2. The molecule has 0 fully saturated rings. The molecule has 8 heteroatoms. The van der Waals surface area contributed by atoms with Crippen LogP contribution in [0.3, 0.4) is 0 Å². The number of ether oxygens (including phenoxy) is 3. The first-order valence-corrected chi connectivity index (χ1v) is 10.5. The Balaban J connectivity index is 1.87. The monoisotopic (exact) mass is 486 g/mol. The number of methoxy groups -OCH3 is 1. The molecule has 2 aromatic carbocycles. The normalized spacial score (nSPS) is 15.3. The van der Waals surface area contributed by atoms with E-state index >= 15 is 0 Å². The van der Waals surface area contributed by atoms with E-state index in [1.807, 2.05) is 19.9 Å². The highest BCUT2D eigenvalue weighted by atomic mass is 79.9. The van der Waals surface area contributed by atoms with Gasteiger partial charge in [-0.3, -0.25) is 4.79 Å². The number of anilines is 1. The van der Waals surface area contributed by atoms with Crippen molar-refractivity contribution in [3.8, 4) is 11.5 Å². The van der Waals surface area contributed by atoms with E-state index in [0.29, 0.717) is 32.8 Å². The molecular weight excluding hydrogens is 464 g/mol. The fourth-order valence-corrected chi connectivity index (χ4v) is 3.37. The van der Waals surface area contributed by atoms with Gasteiger partial charge in [0.05, 0.1) is 17.7 Å². The van der Waals surface area contributed by atoms with Gasteiger partial charge in [-0.25, -0.2) is 9.79 Å². The maximum atomic E-state index is 12.3. The Morgan fingerprint density at radius 1 is 1.29 bits per heavy atom. The summed E-state index contributed by atoms with van der Waals surface area (Å²) in [6.45, 7) is 5.46. The van der Waals surface area contributed by atoms with E-state index in [0.717, 1.165) is 6.42 Å². The Hall–Kier alpha value is -3.13. The van der Waals surface area contributed by atoms with Gasteiger partial charge in [0, 0.05) is 18.2 Å². The lowest BCUT2D eigenvalue weighted by Gasteiger charge is -2.17. The van der Waals surface area contributed by atoms with Gasteiger partial charge in [-0.15, -0.1) is 0 Å². The minimum absolute atomic E-state index is 0.0309. The van der Waals surface area contributed by atoms with Crippen molar-refractivity contribution in [3.63, 3.8) is 0 Å². The number of benzene rings is 2. The van der Waals surface area contributed by atoms with Crippen molar-refractivity contribution in [3.05, 3.63) is 57.7 Å². The lowest BCUT2D eigenvalue weighted by atomic mass is 10.1. The molecule has 2 aromatic rings. The number of carbonyl (C=O) groups excluding carboxylic acids is 2. The van der Waals surface area contributed by atoms with Crippen molar-refractivity contribution in [1.82, 2.24) is 0 Å². The van der Waals surface area contributed by atoms with Crippen LogP contribution in [0.2, 0.25) is 0 Å². The molecule has 1 unspecified atom stereocenters. The molecule has 0 aromatic heterocycles. The third-order valence-electron chi connectivity index (χ3n) is 4.52. The number of aliphatic imine (C=N–C) groups is 1. The molecule has 0 aliphatic carbocycles. The van der Waals surface area contributed by atoms with Gasteiger partial charge >= 0.3 is 5.97 Å². The molecule has 0 saturated heterocycles. The second-order valence-electron chi connectivity index (χ2n) is 6.97. The van der Waals surface area contributed by atoms with Crippen LogP contribution >= 0.6 is 15.9 Å². The largest absolute Gasteiger partial charge is 0.493 e. The fraction of sp³-hybridized carbons (Fsp3) is 0.261. The summed E-state index contributed by atoms with van der Waals surface area (Å²) in [5.41, 5.74) is 2.15. The van der Waals surface area contributed by atoms with Gasteiger partial charge in [-0.2, -0.15) is 0 Å². The topological polar surface area (TPSA) is 86.2 Å². The second kappa shape index (κ2) is 9.78. The van der Waals surface area contributed by atoms with Gasteiger partial charge in [0.1, 0.15) is 0 Å². The van der Waals surface area contributed by atoms with Crippen molar-refractivity contribution in [2.45, 2.75) is 33.3 Å². The van der Waals surface area contributed by atoms with Crippen molar-refractivity contribution < 1.29 is 23.8 Å². The lowest BCUT2D eigenvalue weighted by molar-refractivity contribution is -0.129. The molecule has 3 rings (SSSR count). The minimum atomic E-state index is -0.545. The number of hydrogen-bond acceptors (Lipinski definition) is 6. The summed E-state index contributed by atoms with van der Waals surface area (Å²) in [5, 5.41) is 2.68. The van der Waals surface area contributed by atoms with E-state index in [4.69, 9.17) is 14.2 Å². The molecular formula is C23H23BrN2O5. The highest BCUT2D eigenvalue weighted by Crippen LogP contribution is 2.38. The summed E-state index contributed by atoms with van der Waals surface area (Å²) >= 11 is 3.52. The molecule has 162 valence electrons. The molecule has 1 amide bonds. The first-order valence-electron chi connectivity index (χ1n) is 9.75. The van der Waals surface area contributed by atoms with Gasteiger partial charge in [-0.1, -0.05) is 6.92 Å². The highest BCUT2D eigenvalue weighted by molar-refractivity contribution is 9.10. The van der Waals surface area contributed by atoms with Crippen LogP contribution < -0.4 is 14.8 Å². The van der Waals surface area contributed by atoms with Crippen LogP contribution in [0.5, 0.6) is 11.5 Å². The Bertz CT molecular complexity index is 1060. The number of amides is 1. The Labute approximate surface area is 189 Å². The summed E-state index contributed by atoms with van der Waals surface area (Å²) in [5.74, 6) is 0.649. The summed E-state index contributed by atoms with van der Waals surface area (Å²) in [6, 6.07) is 10.5. The van der Waals surface area contributed by atoms with E-state index in [1.54, 1.807) is 43.5 Å². The molecule has 1 heterocycles. The fourth-order valence-electron chi connectivity index (χ4n) is 2.81. The number of cyclic esters (lactones) is 1. The Morgan fingerprint density at radius 2 is 2.00 bits per heavy atom. The number of rotatable bonds is 7. The molecule has 0 spiro atoms. The maximum Gasteiger partial charge on any atom is 0.363 e. The standard InChI is InChI=1S/C23H23BrN2O5/c1-5-13(2)30-21-18(24)10-15(12-20(21)29-4)11-19-23(28)31-22(26-19)16-6-8-17(9-7-16)25-14(3)27/h6-13H,5H2,1-4H3,(H,25,27)/b19-11-. The molecule has 1 aliphatic heterocycles. The SMILES string of the molecule is CCC(C)Oc1c(Br)cc(/C=C2\N=C(c3ccc(NC(C)=O)cc3)OC2=O)cc1OC. The van der Waals surface area contributed by atoms with Crippen molar-refractivity contribution in [2.75, 3.05) is 12.4 Å². The van der Waals surface area contributed by atoms with E-state index in [9.17, 15) is 9.59 Å². The number of nitrogens with one attached hydrogen (secondary N) is 1. The van der Waals surface area contributed by atoms with Crippen LogP contribution in [0.4, 0.5) is 5.69 Å². The summed E-state index contributed by atoms with van der Waals surface area (Å²) in [6.07, 6.45) is 2.51. The van der Waals surface area contributed by atoms with Crippen LogP contribution in [-0.2, 0) is 14.3 Å². The average Bonchev–Trinajstić information content (AvgIpc) is 3.09. The maximum absolute atomic E-state index is 12.3. The van der Waals surface area contributed by atoms with Gasteiger partial charge < -0.3 is 19.5 Å². The summed E-state index contributed by atoms with van der Waals surface area (Å²) in [4.78, 5) is 27.8. The first-order chi connectivity index (χ1) is 14.8. The Kier molecular flexibility index (Phi) is 7.12.